The van der Waals surface area contributed by atoms with Crippen LogP contribution in [0.2, 0.25) is 5.02 Å². The lowest BCUT2D eigenvalue weighted by Crippen LogP contribution is -2.52. The van der Waals surface area contributed by atoms with Gasteiger partial charge >= 0.3 is 13.7 Å². The molecule has 2 aliphatic rings. The Labute approximate surface area is 202 Å². The highest BCUT2D eigenvalue weighted by Gasteiger charge is 2.39. The number of pyridine rings is 1. The summed E-state index contributed by atoms with van der Waals surface area (Å²) < 4.78 is 56.2. The van der Waals surface area contributed by atoms with Crippen molar-refractivity contribution in [3.8, 4) is 0 Å². The standard InChI is InChI=1S/C22H17BClF4N4O3/c24-19-16-7-12(11-1-2-11)8-17(22(26,27)28)32(16)29-20(19)21(34)30-5-6-31(18(33)10-30)15-4-3-13(23-35)9-14(15)25/h3-4,7-9,11,35H,1-2,5-6,10H2. The molecule has 2 fully saturated rings. The summed E-state index contributed by atoms with van der Waals surface area (Å²) in [4.78, 5) is 28.1. The number of aromatic nitrogens is 2. The van der Waals surface area contributed by atoms with Crippen molar-refractivity contribution in [2.24, 2.45) is 0 Å². The lowest BCUT2D eigenvalue weighted by molar-refractivity contribution is -0.142. The second-order valence-corrected chi connectivity index (χ2v) is 8.90. The summed E-state index contributed by atoms with van der Waals surface area (Å²) in [6, 6.07) is 6.36. The minimum Gasteiger partial charge on any atom is -0.450 e. The van der Waals surface area contributed by atoms with E-state index in [-0.39, 0.29) is 46.4 Å². The third-order valence-electron chi connectivity index (χ3n) is 6.16. The lowest BCUT2D eigenvalue weighted by Gasteiger charge is -2.34. The number of halogens is 5. The van der Waals surface area contributed by atoms with Crippen LogP contribution in [0.3, 0.4) is 0 Å². The highest BCUT2D eigenvalue weighted by molar-refractivity contribution is 6.45. The van der Waals surface area contributed by atoms with Crippen molar-refractivity contribution in [2.75, 3.05) is 24.5 Å². The molecule has 13 heteroatoms. The maximum atomic E-state index is 14.4. The predicted molar refractivity (Wildman–Crippen MR) is 119 cm³/mol. The molecule has 3 aromatic rings. The van der Waals surface area contributed by atoms with Gasteiger partial charge in [0.25, 0.3) is 5.91 Å². The number of benzene rings is 1. The Kier molecular flexibility index (Phi) is 5.75. The van der Waals surface area contributed by atoms with Gasteiger partial charge in [0.05, 0.1) is 16.2 Å². The molecule has 3 heterocycles. The van der Waals surface area contributed by atoms with Crippen molar-refractivity contribution in [3.63, 3.8) is 0 Å². The minimum atomic E-state index is -4.71. The van der Waals surface area contributed by atoms with Gasteiger partial charge in [0.1, 0.15) is 18.1 Å². The number of carbonyl (C=O) groups excluding carboxylic acids is 2. The number of rotatable bonds is 4. The summed E-state index contributed by atoms with van der Waals surface area (Å²) in [6.07, 6.45) is -3.16. The van der Waals surface area contributed by atoms with E-state index in [1.54, 1.807) is 0 Å². The van der Waals surface area contributed by atoms with Gasteiger partial charge in [-0.15, -0.1) is 0 Å². The van der Waals surface area contributed by atoms with Gasteiger partial charge in [-0.3, -0.25) is 9.59 Å². The largest absolute Gasteiger partial charge is 0.450 e. The molecule has 7 nitrogen and oxygen atoms in total. The van der Waals surface area contributed by atoms with E-state index in [0.29, 0.717) is 10.1 Å². The Balaban J connectivity index is 1.43. The monoisotopic (exact) mass is 507 g/mol. The van der Waals surface area contributed by atoms with Crippen molar-refractivity contribution < 1.29 is 32.2 Å². The Hall–Kier alpha value is -3.12. The van der Waals surface area contributed by atoms with E-state index >= 15 is 0 Å². The van der Waals surface area contributed by atoms with Crippen LogP contribution in [-0.4, -0.2) is 58.5 Å². The van der Waals surface area contributed by atoms with Gasteiger partial charge in [-0.25, -0.2) is 8.91 Å². The van der Waals surface area contributed by atoms with Crippen molar-refractivity contribution in [2.45, 2.75) is 24.9 Å². The first-order valence-corrected chi connectivity index (χ1v) is 11.1. The fraction of sp³-hybridized carbons (Fsp3) is 0.318. The number of piperazine rings is 1. The van der Waals surface area contributed by atoms with E-state index in [2.05, 4.69) is 5.10 Å². The molecular formula is C22H17BClF4N4O3. The average molecular weight is 508 g/mol. The topological polar surface area (TPSA) is 78.2 Å². The first kappa shape index (κ1) is 23.6. The molecule has 2 aromatic heterocycles. The molecule has 1 radical (unpaired) electrons. The minimum absolute atomic E-state index is 0.0124. The fourth-order valence-electron chi connectivity index (χ4n) is 4.20. The van der Waals surface area contributed by atoms with Crippen LogP contribution < -0.4 is 10.4 Å². The maximum Gasteiger partial charge on any atom is 0.433 e. The zero-order valence-electron chi connectivity index (χ0n) is 18.0. The van der Waals surface area contributed by atoms with Gasteiger partial charge in [0, 0.05) is 13.1 Å². The SMILES string of the molecule is O=C(c1nn2c(C(F)(F)F)cc(C3CC3)cc2c1Cl)N1CCN(c2ccc([B]O)cc2F)C(=O)C1. The molecule has 1 aliphatic carbocycles. The summed E-state index contributed by atoms with van der Waals surface area (Å²) in [5.74, 6) is -2.09. The Morgan fingerprint density at radius 1 is 1.17 bits per heavy atom. The van der Waals surface area contributed by atoms with Crippen molar-refractivity contribution in [3.05, 3.63) is 58.1 Å². The third kappa shape index (κ3) is 4.25. The van der Waals surface area contributed by atoms with Crippen LogP contribution in [0.5, 0.6) is 0 Å². The van der Waals surface area contributed by atoms with E-state index in [1.807, 2.05) is 0 Å². The predicted octanol–water partition coefficient (Wildman–Crippen LogP) is 2.75. The Morgan fingerprint density at radius 3 is 2.51 bits per heavy atom. The first-order chi connectivity index (χ1) is 16.6. The molecule has 35 heavy (non-hydrogen) atoms. The molecule has 1 N–H and O–H groups in total. The third-order valence-corrected chi connectivity index (χ3v) is 6.53. The Bertz CT molecular complexity index is 1360. The molecule has 0 unspecified atom stereocenters. The fourth-order valence-corrected chi connectivity index (χ4v) is 4.46. The number of anilines is 1. The van der Waals surface area contributed by atoms with Gasteiger partial charge in [0.2, 0.25) is 5.91 Å². The molecule has 0 spiro atoms. The number of fused-ring (bicyclic) bond motifs is 1. The van der Waals surface area contributed by atoms with E-state index in [0.717, 1.165) is 42.3 Å². The summed E-state index contributed by atoms with van der Waals surface area (Å²) in [5, 5.41) is 12.7. The molecule has 181 valence electrons. The number of amides is 2. The molecule has 1 saturated heterocycles. The molecule has 5 rings (SSSR count). The number of hydrogen-bond acceptors (Lipinski definition) is 4. The van der Waals surface area contributed by atoms with Crippen LogP contribution in [0.4, 0.5) is 23.2 Å². The zero-order chi connectivity index (χ0) is 25.1. The highest BCUT2D eigenvalue weighted by atomic mass is 35.5. The van der Waals surface area contributed by atoms with Crippen LogP contribution in [0, 0.1) is 5.82 Å². The van der Waals surface area contributed by atoms with Crippen LogP contribution in [0.25, 0.3) is 5.52 Å². The van der Waals surface area contributed by atoms with E-state index in [9.17, 15) is 27.2 Å². The van der Waals surface area contributed by atoms with Gasteiger partial charge in [0.15, 0.2) is 5.69 Å². The zero-order valence-corrected chi connectivity index (χ0v) is 18.8. The van der Waals surface area contributed by atoms with E-state index in [4.69, 9.17) is 16.6 Å². The maximum absolute atomic E-state index is 14.4. The normalized spacial score (nSPS) is 16.8. The smallest absolute Gasteiger partial charge is 0.433 e. The molecule has 1 saturated carbocycles. The molecule has 0 atom stereocenters. The van der Waals surface area contributed by atoms with Gasteiger partial charge in [-0.2, -0.15) is 18.3 Å². The van der Waals surface area contributed by atoms with E-state index in [1.165, 1.54) is 18.2 Å². The van der Waals surface area contributed by atoms with Crippen LogP contribution in [0.15, 0.2) is 30.3 Å². The number of carbonyl (C=O) groups is 2. The summed E-state index contributed by atoms with van der Waals surface area (Å²) in [5.41, 5.74) is -0.753. The summed E-state index contributed by atoms with van der Waals surface area (Å²) in [6.45, 7) is -0.494. The second-order valence-electron chi connectivity index (χ2n) is 8.52. The van der Waals surface area contributed by atoms with Crippen molar-refractivity contribution >= 4 is 47.6 Å². The van der Waals surface area contributed by atoms with Gasteiger partial charge in [-0.05, 0) is 48.6 Å². The molecular weight excluding hydrogens is 491 g/mol. The number of nitrogens with zero attached hydrogens (tertiary/aromatic N) is 4. The highest BCUT2D eigenvalue weighted by Crippen LogP contribution is 2.43. The van der Waals surface area contributed by atoms with Crippen molar-refractivity contribution in [1.29, 1.82) is 0 Å². The van der Waals surface area contributed by atoms with Crippen LogP contribution in [0.1, 0.15) is 40.5 Å². The average Bonchev–Trinajstić information content (AvgIpc) is 3.61. The molecule has 1 aliphatic heterocycles. The molecule has 2 amide bonds. The van der Waals surface area contributed by atoms with E-state index < -0.39 is 36.0 Å². The Morgan fingerprint density at radius 2 is 1.91 bits per heavy atom. The van der Waals surface area contributed by atoms with Crippen LogP contribution >= 0.6 is 11.6 Å². The summed E-state index contributed by atoms with van der Waals surface area (Å²) >= 11 is 6.33. The second kappa shape index (κ2) is 8.52. The number of alkyl halides is 3. The number of hydrogen-bond donors (Lipinski definition) is 1. The summed E-state index contributed by atoms with van der Waals surface area (Å²) in [7, 11) is 0.724. The molecule has 0 bridgehead atoms. The van der Waals surface area contributed by atoms with Crippen molar-refractivity contribution in [1.82, 2.24) is 14.5 Å². The molecule has 1 aromatic carbocycles. The van der Waals surface area contributed by atoms with Crippen LogP contribution in [-0.2, 0) is 11.0 Å². The van der Waals surface area contributed by atoms with Gasteiger partial charge in [-0.1, -0.05) is 23.1 Å². The first-order valence-electron chi connectivity index (χ1n) is 10.7. The lowest BCUT2D eigenvalue weighted by atomic mass is 9.88. The van der Waals surface area contributed by atoms with Gasteiger partial charge < -0.3 is 14.8 Å². The quantitative estimate of drug-likeness (QED) is 0.435.